The van der Waals surface area contributed by atoms with Crippen LogP contribution in [-0.2, 0) is 11.5 Å². The van der Waals surface area contributed by atoms with Gasteiger partial charge in [-0.05, 0) is 22.0 Å². The third kappa shape index (κ3) is 3.80. The van der Waals surface area contributed by atoms with Crippen LogP contribution in [0.2, 0.25) is 25.7 Å². The van der Waals surface area contributed by atoms with Gasteiger partial charge in [0.05, 0.1) is 7.11 Å². The van der Waals surface area contributed by atoms with Crippen LogP contribution in [0.4, 0.5) is 0 Å². The zero-order valence-corrected chi connectivity index (χ0v) is 14.9. The van der Waals surface area contributed by atoms with Crippen LogP contribution in [0, 0.1) is 0 Å². The molecule has 0 spiro atoms. The summed E-state index contributed by atoms with van der Waals surface area (Å²) < 4.78 is 13.6. The number of hydrogen-bond acceptors (Lipinski definition) is 4. The van der Waals surface area contributed by atoms with Crippen molar-refractivity contribution in [1.29, 1.82) is 0 Å². The Morgan fingerprint density at radius 2 is 2.10 bits per heavy atom. The van der Waals surface area contributed by atoms with E-state index in [0.29, 0.717) is 12.6 Å². The molecule has 0 saturated carbocycles. The molecule has 0 unspecified atom stereocenters. The summed E-state index contributed by atoms with van der Waals surface area (Å²) in [5.74, 6) is 0.532. The lowest BCUT2D eigenvalue weighted by Gasteiger charge is -2.15. The van der Waals surface area contributed by atoms with E-state index in [4.69, 9.17) is 9.47 Å². The lowest BCUT2D eigenvalue weighted by atomic mass is 10.3. The summed E-state index contributed by atoms with van der Waals surface area (Å²) >= 11 is 3.47. The van der Waals surface area contributed by atoms with Gasteiger partial charge in [0.15, 0.2) is 5.52 Å². The number of hydrogen-bond donors (Lipinski definition) is 0. The second kappa shape index (κ2) is 6.24. The average Bonchev–Trinajstić information content (AvgIpc) is 2.79. The first-order valence-electron chi connectivity index (χ1n) is 6.54. The quantitative estimate of drug-likeness (QED) is 0.586. The third-order valence-electron chi connectivity index (χ3n) is 2.93. The zero-order chi connectivity index (χ0) is 14.8. The summed E-state index contributed by atoms with van der Waals surface area (Å²) in [5.41, 5.74) is 0.746. The highest BCUT2D eigenvalue weighted by atomic mass is 79.9. The van der Waals surface area contributed by atoms with Crippen LogP contribution in [0.3, 0.4) is 0 Å². The van der Waals surface area contributed by atoms with Gasteiger partial charge in [0.25, 0.3) is 0 Å². The first-order chi connectivity index (χ1) is 9.40. The minimum Gasteiger partial charge on any atom is -0.479 e. The maximum atomic E-state index is 5.70. The molecule has 0 atom stereocenters. The molecule has 0 radical (unpaired) electrons. The van der Waals surface area contributed by atoms with Gasteiger partial charge in [-0.2, -0.15) is 5.10 Å². The third-order valence-corrected chi connectivity index (χ3v) is 5.27. The van der Waals surface area contributed by atoms with E-state index >= 15 is 0 Å². The number of ether oxygens (including phenoxy) is 2. The van der Waals surface area contributed by atoms with Crippen molar-refractivity contribution in [3.05, 3.63) is 16.9 Å². The predicted octanol–water partition coefficient (Wildman–Crippen LogP) is 3.51. The van der Waals surface area contributed by atoms with E-state index < -0.39 is 8.07 Å². The van der Waals surface area contributed by atoms with Gasteiger partial charge in [-0.3, -0.25) is 0 Å². The fourth-order valence-electron chi connectivity index (χ4n) is 1.75. The molecule has 2 rings (SSSR count). The summed E-state index contributed by atoms with van der Waals surface area (Å²) in [7, 11) is 0.553. The molecule has 2 heterocycles. The number of nitrogens with zero attached hydrogens (tertiary/aromatic N) is 3. The van der Waals surface area contributed by atoms with Crippen molar-refractivity contribution >= 4 is 34.9 Å². The summed E-state index contributed by atoms with van der Waals surface area (Å²) in [5, 5.41) is 5.44. The zero-order valence-electron chi connectivity index (χ0n) is 12.3. The van der Waals surface area contributed by atoms with E-state index in [2.05, 4.69) is 45.7 Å². The lowest BCUT2D eigenvalue weighted by molar-refractivity contribution is 0.0790. The van der Waals surface area contributed by atoms with Crippen molar-refractivity contribution in [3.63, 3.8) is 0 Å². The smallest absolute Gasteiger partial charge is 0.242 e. The second-order valence-electron chi connectivity index (χ2n) is 5.89. The van der Waals surface area contributed by atoms with E-state index in [1.807, 2.05) is 6.20 Å². The number of aromatic nitrogens is 3. The van der Waals surface area contributed by atoms with Crippen molar-refractivity contribution in [2.75, 3.05) is 13.7 Å². The lowest BCUT2D eigenvalue weighted by Crippen LogP contribution is -2.22. The van der Waals surface area contributed by atoms with E-state index in [0.717, 1.165) is 28.0 Å². The molecule has 0 amide bonds. The predicted molar refractivity (Wildman–Crippen MR) is 85.9 cm³/mol. The standard InChI is InChI=1S/C13H20BrN3O2Si/c1-18-13-12-10(11(14)7-15-13)8-17(16-12)9-19-5-6-20(2,3)4/h7-8H,5-6,9H2,1-4H3. The normalized spacial score (nSPS) is 12.1. The molecule has 0 aliphatic carbocycles. The largest absolute Gasteiger partial charge is 0.479 e. The molecule has 2 aromatic heterocycles. The molecule has 0 aliphatic rings. The molecule has 0 N–H and O–H groups in total. The SMILES string of the molecule is COc1ncc(Br)c2cn(COCC[Si](C)(C)C)nc12. The maximum Gasteiger partial charge on any atom is 0.242 e. The van der Waals surface area contributed by atoms with Crippen LogP contribution in [-0.4, -0.2) is 36.6 Å². The van der Waals surface area contributed by atoms with Gasteiger partial charge < -0.3 is 9.47 Å². The maximum absolute atomic E-state index is 5.70. The highest BCUT2D eigenvalue weighted by molar-refractivity contribution is 9.10. The molecule has 7 heteroatoms. The topological polar surface area (TPSA) is 49.2 Å². The average molecular weight is 358 g/mol. The highest BCUT2D eigenvalue weighted by Gasteiger charge is 2.13. The molecular formula is C13H20BrN3O2Si. The van der Waals surface area contributed by atoms with Gasteiger partial charge in [-0.1, -0.05) is 19.6 Å². The molecule has 0 saturated heterocycles. The van der Waals surface area contributed by atoms with Crippen LogP contribution < -0.4 is 4.74 Å². The van der Waals surface area contributed by atoms with E-state index in [1.165, 1.54) is 0 Å². The molecule has 0 fully saturated rings. The van der Waals surface area contributed by atoms with Crippen LogP contribution in [0.15, 0.2) is 16.9 Å². The number of rotatable bonds is 6. The van der Waals surface area contributed by atoms with Gasteiger partial charge in [0.1, 0.15) is 6.73 Å². The van der Waals surface area contributed by atoms with Crippen LogP contribution in [0.25, 0.3) is 10.9 Å². The number of pyridine rings is 1. The van der Waals surface area contributed by atoms with Crippen LogP contribution in [0.1, 0.15) is 0 Å². The summed E-state index contributed by atoms with van der Waals surface area (Å²) in [6.07, 6.45) is 3.66. The van der Waals surface area contributed by atoms with Gasteiger partial charge in [-0.15, -0.1) is 0 Å². The van der Waals surface area contributed by atoms with Crippen LogP contribution in [0.5, 0.6) is 5.88 Å². The summed E-state index contributed by atoms with van der Waals surface area (Å²) in [6.45, 7) is 8.25. The number of fused-ring (bicyclic) bond motifs is 1. The van der Waals surface area contributed by atoms with E-state index in [1.54, 1.807) is 18.0 Å². The molecule has 5 nitrogen and oxygen atoms in total. The summed E-state index contributed by atoms with van der Waals surface area (Å²) in [4.78, 5) is 4.19. The van der Waals surface area contributed by atoms with E-state index in [9.17, 15) is 0 Å². The van der Waals surface area contributed by atoms with Crippen molar-refractivity contribution < 1.29 is 9.47 Å². The number of halogens is 1. The Hall–Kier alpha value is -0.923. The fourth-order valence-corrected chi connectivity index (χ4v) is 2.90. The fraction of sp³-hybridized carbons (Fsp3) is 0.538. The molecule has 2 aromatic rings. The molecule has 110 valence electrons. The monoisotopic (exact) mass is 357 g/mol. The highest BCUT2D eigenvalue weighted by Crippen LogP contribution is 2.28. The Morgan fingerprint density at radius 3 is 2.75 bits per heavy atom. The van der Waals surface area contributed by atoms with Crippen molar-refractivity contribution in [2.45, 2.75) is 32.4 Å². The summed E-state index contributed by atoms with van der Waals surface area (Å²) in [6, 6.07) is 1.16. The first kappa shape index (κ1) is 15.5. The van der Waals surface area contributed by atoms with Gasteiger partial charge >= 0.3 is 0 Å². The van der Waals surface area contributed by atoms with Crippen molar-refractivity contribution in [2.24, 2.45) is 0 Å². The molecule has 0 bridgehead atoms. The molecule has 0 aromatic carbocycles. The molecular weight excluding hydrogens is 338 g/mol. The van der Waals surface area contributed by atoms with E-state index in [-0.39, 0.29) is 0 Å². The Bertz CT molecular complexity index is 595. The molecule has 0 aliphatic heterocycles. The van der Waals surface area contributed by atoms with Gasteiger partial charge in [-0.25, -0.2) is 9.67 Å². The Morgan fingerprint density at radius 1 is 1.35 bits per heavy atom. The van der Waals surface area contributed by atoms with Crippen molar-refractivity contribution in [1.82, 2.24) is 14.8 Å². The minimum atomic E-state index is -1.04. The molecule has 20 heavy (non-hydrogen) atoms. The Labute approximate surface area is 128 Å². The first-order valence-corrected chi connectivity index (χ1v) is 11.0. The minimum absolute atomic E-state index is 0.453. The Balaban J connectivity index is 2.06. The van der Waals surface area contributed by atoms with Gasteiger partial charge in [0.2, 0.25) is 5.88 Å². The Kier molecular flexibility index (Phi) is 4.82. The van der Waals surface area contributed by atoms with Crippen molar-refractivity contribution in [3.8, 4) is 5.88 Å². The van der Waals surface area contributed by atoms with Gasteiger partial charge in [0, 0.05) is 36.9 Å². The van der Waals surface area contributed by atoms with Crippen LogP contribution >= 0.6 is 15.9 Å². The second-order valence-corrected chi connectivity index (χ2v) is 12.4. The number of methoxy groups -OCH3 is 1.